The van der Waals surface area contributed by atoms with Crippen LogP contribution in [0.15, 0.2) is 29.6 Å². The van der Waals surface area contributed by atoms with Gasteiger partial charge in [-0.25, -0.2) is 0 Å². The van der Waals surface area contributed by atoms with Gasteiger partial charge >= 0.3 is 0 Å². The summed E-state index contributed by atoms with van der Waals surface area (Å²) in [7, 11) is 1.54. The number of nitrogens with one attached hydrogen (secondary N) is 1. The van der Waals surface area contributed by atoms with Crippen LogP contribution in [0.3, 0.4) is 0 Å². The maximum Gasteiger partial charge on any atom is 0.176 e. The number of ether oxygens (including phenoxy) is 1. The number of hydrogen-bond donors (Lipinski definition) is 2. The number of piperazine rings is 1. The Kier molecular flexibility index (Phi) is 8.63. The summed E-state index contributed by atoms with van der Waals surface area (Å²) in [5.41, 5.74) is 1.05. The van der Waals surface area contributed by atoms with Crippen molar-refractivity contribution in [2.75, 3.05) is 33.3 Å². The van der Waals surface area contributed by atoms with Gasteiger partial charge in [-0.15, -0.1) is 36.2 Å². The third-order valence-corrected chi connectivity index (χ3v) is 5.13. The minimum absolute atomic E-state index is 0. The maximum absolute atomic E-state index is 9.97. The Bertz CT molecular complexity index is 635. The molecule has 3 rings (SSSR count). The summed E-state index contributed by atoms with van der Waals surface area (Å²) in [6.07, 6.45) is 0. The smallest absolute Gasteiger partial charge is 0.176 e. The lowest BCUT2D eigenvalue weighted by molar-refractivity contribution is 0.200. The molecule has 1 fully saturated rings. The van der Waals surface area contributed by atoms with Crippen molar-refractivity contribution in [1.29, 1.82) is 0 Å². The standard InChI is InChI=1S/C16H19ClN2O2S.2ClH/c1-21-13-10-11(9-12(17)16(13)20)15(14-3-2-8-22-14)19-6-4-18-5-7-19;;/h2-3,8-10,15,18,20H,4-7H2,1H3;2*1H/t15-;;/m1../s1. The van der Waals surface area contributed by atoms with Gasteiger partial charge in [0.25, 0.3) is 0 Å². The van der Waals surface area contributed by atoms with Gasteiger partial charge in [0.15, 0.2) is 11.5 Å². The average molecular weight is 412 g/mol. The molecule has 2 aromatic rings. The Hall–Kier alpha value is -0.690. The van der Waals surface area contributed by atoms with E-state index in [9.17, 15) is 5.11 Å². The van der Waals surface area contributed by atoms with Gasteiger partial charge in [0, 0.05) is 31.1 Å². The molecule has 4 nitrogen and oxygen atoms in total. The highest BCUT2D eigenvalue weighted by molar-refractivity contribution is 7.10. The highest BCUT2D eigenvalue weighted by Crippen LogP contribution is 2.40. The van der Waals surface area contributed by atoms with Gasteiger partial charge in [0.05, 0.1) is 18.2 Å². The van der Waals surface area contributed by atoms with Gasteiger partial charge in [-0.05, 0) is 29.1 Å². The minimum atomic E-state index is -0.00171. The Balaban J connectivity index is 0.00000144. The van der Waals surface area contributed by atoms with Gasteiger partial charge in [-0.1, -0.05) is 17.7 Å². The number of thiophene rings is 1. The number of benzene rings is 1. The zero-order chi connectivity index (χ0) is 15.5. The molecular formula is C16H21Cl3N2O2S. The first-order valence-electron chi connectivity index (χ1n) is 7.25. The molecule has 0 bridgehead atoms. The summed E-state index contributed by atoms with van der Waals surface area (Å²) < 4.78 is 5.26. The van der Waals surface area contributed by atoms with E-state index in [2.05, 4.69) is 27.7 Å². The lowest BCUT2D eigenvalue weighted by Gasteiger charge is -2.35. The van der Waals surface area contributed by atoms with Crippen molar-refractivity contribution in [3.63, 3.8) is 0 Å². The number of nitrogens with zero attached hydrogens (tertiary/aromatic N) is 1. The van der Waals surface area contributed by atoms with Gasteiger partial charge in [-0.3, -0.25) is 4.90 Å². The zero-order valence-corrected chi connectivity index (χ0v) is 16.4. The molecule has 1 atom stereocenters. The first-order chi connectivity index (χ1) is 10.7. The molecular weight excluding hydrogens is 391 g/mol. The van der Waals surface area contributed by atoms with E-state index < -0.39 is 0 Å². The second kappa shape index (κ2) is 9.70. The van der Waals surface area contributed by atoms with Crippen LogP contribution in [0.4, 0.5) is 0 Å². The molecule has 134 valence electrons. The molecule has 1 aromatic carbocycles. The summed E-state index contributed by atoms with van der Waals surface area (Å²) in [4.78, 5) is 3.70. The molecule has 1 aliphatic heterocycles. The largest absolute Gasteiger partial charge is 0.503 e. The van der Waals surface area contributed by atoms with Crippen LogP contribution in [-0.4, -0.2) is 43.3 Å². The van der Waals surface area contributed by atoms with E-state index in [1.165, 1.54) is 4.88 Å². The van der Waals surface area contributed by atoms with Gasteiger partial charge in [0.2, 0.25) is 0 Å². The molecule has 0 saturated carbocycles. The third kappa shape index (κ3) is 4.48. The van der Waals surface area contributed by atoms with Crippen LogP contribution in [0.1, 0.15) is 16.5 Å². The molecule has 0 radical (unpaired) electrons. The van der Waals surface area contributed by atoms with Crippen molar-refractivity contribution in [2.24, 2.45) is 0 Å². The van der Waals surface area contributed by atoms with E-state index in [1.807, 2.05) is 12.1 Å². The summed E-state index contributed by atoms with van der Waals surface area (Å²) in [5.74, 6) is 0.414. The predicted molar refractivity (Wildman–Crippen MR) is 105 cm³/mol. The van der Waals surface area contributed by atoms with Gasteiger partial charge in [0.1, 0.15) is 0 Å². The fraction of sp³-hybridized carbons (Fsp3) is 0.375. The van der Waals surface area contributed by atoms with Gasteiger partial charge in [-0.2, -0.15) is 0 Å². The Morgan fingerprint density at radius 1 is 1.29 bits per heavy atom. The molecule has 0 spiro atoms. The number of rotatable bonds is 4. The number of phenols is 1. The minimum Gasteiger partial charge on any atom is -0.503 e. The SMILES string of the molecule is COc1cc([C@H](c2cccs2)N2CCNCC2)cc(Cl)c1O.Cl.Cl. The zero-order valence-electron chi connectivity index (χ0n) is 13.2. The summed E-state index contributed by atoms with van der Waals surface area (Å²) >= 11 is 7.92. The number of methoxy groups -OCH3 is 1. The molecule has 0 unspecified atom stereocenters. The molecule has 0 aliphatic carbocycles. The first-order valence-corrected chi connectivity index (χ1v) is 8.51. The third-order valence-electron chi connectivity index (χ3n) is 3.92. The number of halogens is 3. The lowest BCUT2D eigenvalue weighted by Crippen LogP contribution is -2.45. The van der Waals surface area contributed by atoms with Crippen LogP contribution in [0.25, 0.3) is 0 Å². The summed E-state index contributed by atoms with van der Waals surface area (Å²) in [6.45, 7) is 3.91. The normalized spacial score (nSPS) is 15.9. The van der Waals surface area contributed by atoms with Crippen LogP contribution in [0.2, 0.25) is 5.02 Å². The van der Waals surface area contributed by atoms with Crippen molar-refractivity contribution in [2.45, 2.75) is 6.04 Å². The predicted octanol–water partition coefficient (Wildman–Crippen LogP) is 3.95. The number of hydrogen-bond acceptors (Lipinski definition) is 5. The molecule has 24 heavy (non-hydrogen) atoms. The number of aromatic hydroxyl groups is 1. The quantitative estimate of drug-likeness (QED) is 0.799. The fourth-order valence-corrected chi connectivity index (χ4v) is 3.95. The highest BCUT2D eigenvalue weighted by Gasteiger charge is 2.26. The van der Waals surface area contributed by atoms with Crippen LogP contribution < -0.4 is 10.1 Å². The fourth-order valence-electron chi connectivity index (χ4n) is 2.85. The molecule has 2 N–H and O–H groups in total. The van der Waals surface area contributed by atoms with Crippen molar-refractivity contribution in [3.05, 3.63) is 45.1 Å². The Morgan fingerprint density at radius 3 is 2.58 bits per heavy atom. The monoisotopic (exact) mass is 410 g/mol. The topological polar surface area (TPSA) is 44.7 Å². The van der Waals surface area contributed by atoms with Crippen molar-refractivity contribution < 1.29 is 9.84 Å². The molecule has 1 aliphatic rings. The van der Waals surface area contributed by atoms with E-state index in [4.69, 9.17) is 16.3 Å². The molecule has 0 amide bonds. The Morgan fingerprint density at radius 2 is 2.00 bits per heavy atom. The molecule has 1 aromatic heterocycles. The van der Waals surface area contributed by atoms with Crippen molar-refractivity contribution in [3.8, 4) is 11.5 Å². The molecule has 8 heteroatoms. The molecule has 2 heterocycles. The number of phenolic OH excluding ortho intramolecular Hbond substituents is 1. The summed E-state index contributed by atoms with van der Waals surface area (Å²) in [6, 6.07) is 8.06. The van der Waals surface area contributed by atoms with Crippen LogP contribution in [0, 0.1) is 0 Å². The van der Waals surface area contributed by atoms with Crippen molar-refractivity contribution >= 4 is 47.8 Å². The van der Waals surface area contributed by atoms with Gasteiger partial charge < -0.3 is 15.2 Å². The van der Waals surface area contributed by atoms with E-state index in [1.54, 1.807) is 18.4 Å². The molecule has 1 saturated heterocycles. The second-order valence-corrected chi connectivity index (χ2v) is 6.64. The highest BCUT2D eigenvalue weighted by atomic mass is 35.5. The second-order valence-electron chi connectivity index (χ2n) is 5.26. The van der Waals surface area contributed by atoms with Crippen LogP contribution >= 0.6 is 47.8 Å². The van der Waals surface area contributed by atoms with Crippen LogP contribution in [0.5, 0.6) is 11.5 Å². The first kappa shape index (κ1) is 21.4. The van der Waals surface area contributed by atoms with E-state index in [0.29, 0.717) is 10.8 Å². The van der Waals surface area contributed by atoms with E-state index in [0.717, 1.165) is 31.7 Å². The van der Waals surface area contributed by atoms with E-state index in [-0.39, 0.29) is 36.6 Å². The van der Waals surface area contributed by atoms with Crippen molar-refractivity contribution in [1.82, 2.24) is 10.2 Å². The average Bonchev–Trinajstić information content (AvgIpc) is 3.06. The maximum atomic E-state index is 9.97. The van der Waals surface area contributed by atoms with E-state index >= 15 is 0 Å². The lowest BCUT2D eigenvalue weighted by atomic mass is 10.0. The Labute approximate surface area is 163 Å². The van der Waals surface area contributed by atoms with Crippen LogP contribution in [-0.2, 0) is 0 Å². The summed E-state index contributed by atoms with van der Waals surface area (Å²) in [5, 5.41) is 15.8.